The molecule has 17 heavy (non-hydrogen) atoms. The molecule has 92 valence electrons. The Kier molecular flexibility index (Phi) is 4.45. The van der Waals surface area contributed by atoms with Crippen LogP contribution in [0.4, 0.5) is 0 Å². The van der Waals surface area contributed by atoms with Gasteiger partial charge in [0.15, 0.2) is 0 Å². The Labute approximate surface area is 106 Å². The van der Waals surface area contributed by atoms with E-state index in [9.17, 15) is 4.79 Å². The van der Waals surface area contributed by atoms with Crippen molar-refractivity contribution in [2.75, 3.05) is 5.75 Å². The minimum Gasteiger partial charge on any atom is -0.294 e. The predicted molar refractivity (Wildman–Crippen MR) is 70.8 cm³/mol. The van der Waals surface area contributed by atoms with E-state index in [1.54, 1.807) is 0 Å². The summed E-state index contributed by atoms with van der Waals surface area (Å²) in [6, 6.07) is 6.69. The van der Waals surface area contributed by atoms with Crippen LogP contribution in [0.3, 0.4) is 0 Å². The number of rotatable bonds is 4. The number of amides is 1. The number of carbonyl (C=O) groups excluding carboxylic acids is 1. The van der Waals surface area contributed by atoms with Gasteiger partial charge < -0.3 is 0 Å². The molecule has 0 radical (unpaired) electrons. The molecule has 3 N–H and O–H groups in total. The van der Waals surface area contributed by atoms with Crippen LogP contribution in [0.2, 0.25) is 0 Å². The summed E-state index contributed by atoms with van der Waals surface area (Å²) in [5, 5.41) is 0. The first-order valence-electron chi connectivity index (χ1n) is 6.03. The largest absolute Gasteiger partial charge is 0.294 e. The van der Waals surface area contributed by atoms with Gasteiger partial charge in [0.25, 0.3) is 0 Å². The van der Waals surface area contributed by atoms with E-state index in [4.69, 9.17) is 5.84 Å². The van der Waals surface area contributed by atoms with Gasteiger partial charge in [0, 0.05) is 11.3 Å². The third-order valence-corrected chi connectivity index (χ3v) is 4.21. The minimum absolute atomic E-state index is 0.0847. The van der Waals surface area contributed by atoms with E-state index in [0.717, 1.165) is 12.8 Å². The average Bonchev–Trinajstić information content (AvgIpc) is 2.38. The molecule has 1 aliphatic rings. The van der Waals surface area contributed by atoms with Crippen LogP contribution in [0, 0.1) is 0 Å². The average molecular weight is 250 g/mol. The molecule has 1 amide bonds. The van der Waals surface area contributed by atoms with Gasteiger partial charge >= 0.3 is 0 Å². The van der Waals surface area contributed by atoms with Crippen molar-refractivity contribution in [2.24, 2.45) is 5.84 Å². The number of hydrogen-bond donors (Lipinski definition) is 2. The van der Waals surface area contributed by atoms with Gasteiger partial charge in [0.1, 0.15) is 0 Å². The van der Waals surface area contributed by atoms with Crippen LogP contribution in [0.1, 0.15) is 30.4 Å². The Balaban J connectivity index is 1.91. The number of hydrazine groups is 1. The third kappa shape index (κ3) is 3.48. The third-order valence-electron chi connectivity index (χ3n) is 3.00. The second-order valence-electron chi connectivity index (χ2n) is 4.32. The molecule has 0 saturated carbocycles. The normalized spacial score (nSPS) is 14.2. The van der Waals surface area contributed by atoms with Gasteiger partial charge in [-0.2, -0.15) is 0 Å². The Hall–Kier alpha value is -1.00. The van der Waals surface area contributed by atoms with Crippen molar-refractivity contribution in [2.45, 2.75) is 37.0 Å². The van der Waals surface area contributed by atoms with Crippen molar-refractivity contribution in [3.63, 3.8) is 0 Å². The molecule has 4 heteroatoms. The van der Waals surface area contributed by atoms with E-state index >= 15 is 0 Å². The van der Waals surface area contributed by atoms with E-state index in [2.05, 4.69) is 23.6 Å². The fourth-order valence-corrected chi connectivity index (χ4v) is 3.11. The van der Waals surface area contributed by atoms with Gasteiger partial charge in [-0.1, -0.05) is 12.1 Å². The highest BCUT2D eigenvalue weighted by atomic mass is 32.2. The molecule has 3 nitrogen and oxygen atoms in total. The summed E-state index contributed by atoms with van der Waals surface area (Å²) in [6.45, 7) is 0. The molecule has 1 heterocycles. The number of nitrogens with two attached hydrogens (primary N) is 1. The van der Waals surface area contributed by atoms with E-state index < -0.39 is 0 Å². The van der Waals surface area contributed by atoms with Crippen LogP contribution in [-0.2, 0) is 17.6 Å². The number of benzene rings is 1. The Bertz CT molecular complexity index is 406. The van der Waals surface area contributed by atoms with Crippen LogP contribution in [0.5, 0.6) is 0 Å². The zero-order valence-corrected chi connectivity index (χ0v) is 10.7. The van der Waals surface area contributed by atoms with Gasteiger partial charge in [-0.25, -0.2) is 5.84 Å². The lowest BCUT2D eigenvalue weighted by Gasteiger charge is -2.16. The lowest BCUT2D eigenvalue weighted by Crippen LogP contribution is -2.29. The molecule has 0 atom stereocenters. The maximum atomic E-state index is 11.0. The lowest BCUT2D eigenvalue weighted by atomic mass is 10.0. The van der Waals surface area contributed by atoms with Crippen molar-refractivity contribution in [3.8, 4) is 0 Å². The van der Waals surface area contributed by atoms with E-state index in [1.165, 1.54) is 34.6 Å². The van der Waals surface area contributed by atoms with Crippen molar-refractivity contribution in [1.82, 2.24) is 5.43 Å². The maximum absolute atomic E-state index is 11.0. The van der Waals surface area contributed by atoms with Crippen molar-refractivity contribution >= 4 is 17.7 Å². The van der Waals surface area contributed by atoms with Gasteiger partial charge in [-0.15, -0.1) is 11.8 Å². The Morgan fingerprint density at radius 2 is 2.35 bits per heavy atom. The fraction of sp³-hybridized carbons (Fsp3) is 0.462. The molecule has 2 rings (SSSR count). The molecule has 0 saturated heterocycles. The van der Waals surface area contributed by atoms with Crippen LogP contribution in [0.25, 0.3) is 0 Å². The quantitative estimate of drug-likeness (QED) is 0.488. The number of hydrogen-bond acceptors (Lipinski definition) is 3. The fourth-order valence-electron chi connectivity index (χ4n) is 2.09. The number of fused-ring (bicyclic) bond motifs is 1. The second kappa shape index (κ2) is 6.07. The molecular weight excluding hydrogens is 232 g/mol. The Morgan fingerprint density at radius 3 is 3.18 bits per heavy atom. The van der Waals surface area contributed by atoms with Crippen LogP contribution in [-0.4, -0.2) is 11.7 Å². The molecule has 0 fully saturated rings. The molecular formula is C13H18N2OS. The molecule has 0 unspecified atom stereocenters. The molecule has 0 aromatic heterocycles. The predicted octanol–water partition coefficient (Wildman–Crippen LogP) is 2.04. The van der Waals surface area contributed by atoms with Crippen molar-refractivity contribution in [1.29, 1.82) is 0 Å². The second-order valence-corrected chi connectivity index (χ2v) is 5.45. The van der Waals surface area contributed by atoms with E-state index in [1.807, 2.05) is 11.8 Å². The van der Waals surface area contributed by atoms with Crippen LogP contribution in [0.15, 0.2) is 23.1 Å². The highest BCUT2D eigenvalue weighted by molar-refractivity contribution is 7.99. The monoisotopic (exact) mass is 250 g/mol. The number of aryl methyl sites for hydroxylation is 2. The van der Waals surface area contributed by atoms with Gasteiger partial charge in [0.2, 0.25) is 5.91 Å². The zero-order valence-electron chi connectivity index (χ0n) is 9.87. The summed E-state index contributed by atoms with van der Waals surface area (Å²) in [6.07, 6.45) is 4.78. The number of carbonyl (C=O) groups is 1. The standard InChI is InChI=1S/C13H18N2OS/c14-15-13(16)5-1-3-10-6-7-12-11(9-10)4-2-8-17-12/h6-7,9H,1-5,8,14H2,(H,15,16). The molecule has 1 aliphatic heterocycles. The SMILES string of the molecule is NNC(=O)CCCc1ccc2c(c1)CCCS2. The number of nitrogens with one attached hydrogen (secondary N) is 1. The van der Waals surface area contributed by atoms with Crippen LogP contribution >= 0.6 is 11.8 Å². The summed E-state index contributed by atoms with van der Waals surface area (Å²) < 4.78 is 0. The molecule has 1 aromatic rings. The lowest BCUT2D eigenvalue weighted by molar-refractivity contribution is -0.121. The van der Waals surface area contributed by atoms with E-state index in [-0.39, 0.29) is 5.91 Å². The van der Waals surface area contributed by atoms with Crippen molar-refractivity contribution < 1.29 is 4.79 Å². The van der Waals surface area contributed by atoms with Gasteiger partial charge in [-0.3, -0.25) is 10.2 Å². The van der Waals surface area contributed by atoms with Crippen LogP contribution < -0.4 is 11.3 Å². The topological polar surface area (TPSA) is 55.1 Å². The molecule has 1 aromatic carbocycles. The van der Waals surface area contributed by atoms with Crippen molar-refractivity contribution in [3.05, 3.63) is 29.3 Å². The zero-order chi connectivity index (χ0) is 12.1. The first-order valence-corrected chi connectivity index (χ1v) is 7.02. The maximum Gasteiger partial charge on any atom is 0.233 e. The summed E-state index contributed by atoms with van der Waals surface area (Å²) in [5.74, 6) is 6.19. The summed E-state index contributed by atoms with van der Waals surface area (Å²) >= 11 is 1.95. The molecule has 0 bridgehead atoms. The summed E-state index contributed by atoms with van der Waals surface area (Å²) in [7, 11) is 0. The number of thioether (sulfide) groups is 1. The van der Waals surface area contributed by atoms with Gasteiger partial charge in [0.05, 0.1) is 0 Å². The first-order chi connectivity index (χ1) is 8.29. The van der Waals surface area contributed by atoms with E-state index in [0.29, 0.717) is 6.42 Å². The highest BCUT2D eigenvalue weighted by Crippen LogP contribution is 2.30. The molecule has 0 aliphatic carbocycles. The van der Waals surface area contributed by atoms with Gasteiger partial charge in [-0.05, 0) is 48.6 Å². The Morgan fingerprint density at radius 1 is 1.47 bits per heavy atom. The minimum atomic E-state index is -0.0847. The highest BCUT2D eigenvalue weighted by Gasteiger charge is 2.10. The smallest absolute Gasteiger partial charge is 0.233 e. The molecule has 0 spiro atoms. The summed E-state index contributed by atoms with van der Waals surface area (Å²) in [4.78, 5) is 12.4. The first kappa shape index (κ1) is 12.5. The summed E-state index contributed by atoms with van der Waals surface area (Å²) in [5.41, 5.74) is 4.96.